The molecule has 0 saturated heterocycles. The van der Waals surface area contributed by atoms with Crippen LogP contribution in [0.25, 0.3) is 10.2 Å². The van der Waals surface area contributed by atoms with Crippen molar-refractivity contribution in [3.05, 3.63) is 48.5 Å². The summed E-state index contributed by atoms with van der Waals surface area (Å²) in [6.07, 6.45) is -0.695. The van der Waals surface area contributed by atoms with E-state index in [2.05, 4.69) is 10.3 Å². The van der Waals surface area contributed by atoms with Crippen molar-refractivity contribution < 1.29 is 18.3 Å². The molecule has 0 bridgehead atoms. The normalized spacial score (nSPS) is 12.3. The van der Waals surface area contributed by atoms with E-state index in [-0.39, 0.29) is 5.91 Å². The third kappa shape index (κ3) is 4.67. The number of ether oxygens (including phenoxy) is 1. The van der Waals surface area contributed by atoms with E-state index in [4.69, 9.17) is 4.74 Å². The lowest BCUT2D eigenvalue weighted by Crippen LogP contribution is -2.30. The molecule has 3 rings (SSSR count). The molecular formula is C17H14F2N2O2S2. The summed E-state index contributed by atoms with van der Waals surface area (Å²) >= 11 is 1.71. The van der Waals surface area contributed by atoms with Crippen LogP contribution in [-0.2, 0) is 4.79 Å². The van der Waals surface area contributed by atoms with E-state index in [9.17, 15) is 13.6 Å². The first-order valence-electron chi connectivity index (χ1n) is 7.39. The van der Waals surface area contributed by atoms with Gasteiger partial charge in [-0.2, -0.15) is 8.78 Å². The van der Waals surface area contributed by atoms with Gasteiger partial charge in [-0.1, -0.05) is 41.3 Å². The third-order valence-electron chi connectivity index (χ3n) is 3.24. The van der Waals surface area contributed by atoms with Crippen LogP contribution in [0.15, 0.2) is 53.4 Å². The van der Waals surface area contributed by atoms with E-state index in [1.54, 1.807) is 37.3 Å². The van der Waals surface area contributed by atoms with Crippen LogP contribution >= 0.6 is 23.1 Å². The van der Waals surface area contributed by atoms with Crippen molar-refractivity contribution in [3.63, 3.8) is 0 Å². The maximum atomic E-state index is 12.4. The molecule has 8 heteroatoms. The van der Waals surface area contributed by atoms with Crippen molar-refractivity contribution in [1.29, 1.82) is 0 Å². The number of aromatic nitrogens is 1. The maximum Gasteiger partial charge on any atom is 0.288 e. The second-order valence-electron chi connectivity index (χ2n) is 5.09. The zero-order chi connectivity index (χ0) is 17.8. The van der Waals surface area contributed by atoms with Gasteiger partial charge in [0.25, 0.3) is 11.7 Å². The molecule has 1 atom stereocenters. The summed E-state index contributed by atoms with van der Waals surface area (Å²) < 4.78 is 31.2. The van der Waals surface area contributed by atoms with Crippen LogP contribution in [-0.4, -0.2) is 22.8 Å². The highest BCUT2D eigenvalue weighted by Crippen LogP contribution is 2.32. The van der Waals surface area contributed by atoms with Crippen molar-refractivity contribution in [1.82, 2.24) is 4.98 Å². The van der Waals surface area contributed by atoms with Gasteiger partial charge in [-0.05, 0) is 37.3 Å². The predicted octanol–water partition coefficient (Wildman–Crippen LogP) is 5.02. The van der Waals surface area contributed by atoms with E-state index in [0.717, 1.165) is 4.70 Å². The number of amides is 1. The third-order valence-corrected chi connectivity index (χ3v) is 4.88. The summed E-state index contributed by atoms with van der Waals surface area (Å²) in [4.78, 5) is 17.0. The molecule has 0 fully saturated rings. The lowest BCUT2D eigenvalue weighted by molar-refractivity contribution is -0.122. The van der Waals surface area contributed by atoms with Crippen molar-refractivity contribution >= 4 is 44.4 Å². The van der Waals surface area contributed by atoms with E-state index >= 15 is 0 Å². The molecule has 3 aromatic rings. The number of benzene rings is 2. The van der Waals surface area contributed by atoms with Crippen LogP contribution in [0.2, 0.25) is 0 Å². The number of nitrogens with zero attached hydrogens (tertiary/aromatic N) is 1. The second kappa shape index (κ2) is 7.79. The monoisotopic (exact) mass is 380 g/mol. The number of halogens is 2. The molecule has 1 amide bonds. The Bertz CT molecular complexity index is 871. The van der Waals surface area contributed by atoms with Gasteiger partial charge in [0.2, 0.25) is 0 Å². The van der Waals surface area contributed by atoms with Crippen LogP contribution in [0.4, 0.5) is 13.9 Å². The Balaban J connectivity index is 1.68. The predicted molar refractivity (Wildman–Crippen MR) is 96.6 cm³/mol. The van der Waals surface area contributed by atoms with E-state index in [1.807, 2.05) is 18.2 Å². The molecular weight excluding hydrogens is 366 g/mol. The van der Waals surface area contributed by atoms with Gasteiger partial charge in [0.15, 0.2) is 11.2 Å². The van der Waals surface area contributed by atoms with Gasteiger partial charge in [-0.15, -0.1) is 0 Å². The minimum atomic E-state index is -2.47. The zero-order valence-electron chi connectivity index (χ0n) is 13.1. The Hall–Kier alpha value is -2.19. The Morgan fingerprint density at radius 3 is 2.72 bits per heavy atom. The molecule has 1 aromatic heterocycles. The summed E-state index contributed by atoms with van der Waals surface area (Å²) in [5, 5.41) is 3.11. The maximum absolute atomic E-state index is 12.4. The number of carbonyl (C=O) groups excluding carboxylic acids is 1. The molecule has 0 radical (unpaired) electrons. The van der Waals surface area contributed by atoms with Gasteiger partial charge in [0.05, 0.1) is 10.2 Å². The Morgan fingerprint density at radius 2 is 2.00 bits per heavy atom. The fraction of sp³-hybridized carbons (Fsp3) is 0.176. The lowest BCUT2D eigenvalue weighted by Gasteiger charge is -2.13. The fourth-order valence-electron chi connectivity index (χ4n) is 2.10. The highest BCUT2D eigenvalue weighted by Gasteiger charge is 2.17. The minimum absolute atomic E-state index is 0.329. The Labute approximate surface area is 151 Å². The highest BCUT2D eigenvalue weighted by atomic mass is 32.2. The molecule has 25 heavy (non-hydrogen) atoms. The van der Waals surface area contributed by atoms with Gasteiger partial charge < -0.3 is 4.74 Å². The summed E-state index contributed by atoms with van der Waals surface area (Å²) in [7, 11) is 0. The minimum Gasteiger partial charge on any atom is -0.481 e. The number of thiazole rings is 1. The number of hydrogen-bond acceptors (Lipinski definition) is 5. The van der Waals surface area contributed by atoms with Gasteiger partial charge in [-0.25, -0.2) is 4.98 Å². The molecule has 0 aliphatic carbocycles. The number of alkyl halides is 2. The van der Waals surface area contributed by atoms with E-state index in [0.29, 0.717) is 33.1 Å². The Morgan fingerprint density at radius 1 is 1.24 bits per heavy atom. The number of hydrogen-bond donors (Lipinski definition) is 1. The first kappa shape index (κ1) is 17.6. The quantitative estimate of drug-likeness (QED) is 0.610. The Kier molecular flexibility index (Phi) is 5.50. The van der Waals surface area contributed by atoms with E-state index in [1.165, 1.54) is 11.3 Å². The molecule has 0 aliphatic heterocycles. The molecule has 1 N–H and O–H groups in total. The number of fused-ring (bicyclic) bond motifs is 1. The molecule has 0 saturated carbocycles. The summed E-state index contributed by atoms with van der Waals surface area (Å²) in [6.45, 7) is 1.65. The topological polar surface area (TPSA) is 51.2 Å². The molecule has 4 nitrogen and oxygen atoms in total. The second-order valence-corrected chi connectivity index (χ2v) is 7.18. The van der Waals surface area contributed by atoms with Crippen LogP contribution < -0.4 is 10.1 Å². The number of carbonyl (C=O) groups is 1. The number of thioether (sulfide) groups is 1. The molecule has 1 heterocycles. The van der Waals surface area contributed by atoms with Crippen molar-refractivity contribution in [3.8, 4) is 5.75 Å². The molecule has 130 valence electrons. The van der Waals surface area contributed by atoms with E-state index < -0.39 is 11.9 Å². The van der Waals surface area contributed by atoms with Gasteiger partial charge in [-0.3, -0.25) is 10.1 Å². The molecule has 2 aromatic carbocycles. The zero-order valence-corrected chi connectivity index (χ0v) is 14.7. The van der Waals surface area contributed by atoms with Crippen LogP contribution in [0.5, 0.6) is 5.75 Å². The molecule has 1 unspecified atom stereocenters. The number of anilines is 1. The molecule has 0 aliphatic rings. The van der Waals surface area contributed by atoms with Gasteiger partial charge in [0.1, 0.15) is 5.75 Å². The summed E-state index contributed by atoms with van der Waals surface area (Å²) in [6, 6.07) is 13.9. The number of rotatable bonds is 6. The average molecular weight is 380 g/mol. The fourth-order valence-corrected chi connectivity index (χ4v) is 3.62. The standard InChI is InChI=1S/C17H14F2N2O2S2/c1-10(23-11-5-3-2-4-6-11)15(22)21-17-20-13-8-7-12(24-16(18)19)9-14(13)25-17/h2-10,16H,1H3,(H,20,21,22). The number of para-hydroxylation sites is 1. The van der Waals surface area contributed by atoms with Crippen LogP contribution in [0, 0.1) is 0 Å². The summed E-state index contributed by atoms with van der Waals surface area (Å²) in [5.74, 6) is -2.20. The molecule has 0 spiro atoms. The van der Waals surface area contributed by atoms with Crippen molar-refractivity contribution in [2.45, 2.75) is 23.7 Å². The SMILES string of the molecule is CC(Oc1ccccc1)C(=O)Nc1nc2ccc(SC(F)F)cc2s1. The van der Waals surface area contributed by atoms with Crippen molar-refractivity contribution in [2.75, 3.05) is 5.32 Å². The first-order valence-corrected chi connectivity index (χ1v) is 9.09. The smallest absolute Gasteiger partial charge is 0.288 e. The van der Waals surface area contributed by atoms with Crippen LogP contribution in [0.1, 0.15) is 6.92 Å². The largest absolute Gasteiger partial charge is 0.481 e. The van der Waals surface area contributed by atoms with Gasteiger partial charge in [0, 0.05) is 4.90 Å². The lowest BCUT2D eigenvalue weighted by atomic mass is 10.3. The van der Waals surface area contributed by atoms with Gasteiger partial charge >= 0.3 is 0 Å². The first-order chi connectivity index (χ1) is 12.0. The van der Waals surface area contributed by atoms with Crippen molar-refractivity contribution in [2.24, 2.45) is 0 Å². The average Bonchev–Trinajstić information content (AvgIpc) is 2.96. The summed E-state index contributed by atoms with van der Waals surface area (Å²) in [5.41, 5.74) is 0.649. The highest BCUT2D eigenvalue weighted by molar-refractivity contribution is 7.99. The van der Waals surface area contributed by atoms with Crippen LogP contribution in [0.3, 0.4) is 0 Å². The number of nitrogens with one attached hydrogen (secondary N) is 1.